The van der Waals surface area contributed by atoms with E-state index in [0.29, 0.717) is 58.2 Å². The van der Waals surface area contributed by atoms with Gasteiger partial charge in [-0.1, -0.05) is 18.2 Å². The quantitative estimate of drug-likeness (QED) is 0.273. The molecule has 0 bridgehead atoms. The minimum absolute atomic E-state index is 0.117. The van der Waals surface area contributed by atoms with Crippen molar-refractivity contribution in [3.05, 3.63) is 71.2 Å². The van der Waals surface area contributed by atoms with E-state index in [1.54, 1.807) is 27.0 Å². The van der Waals surface area contributed by atoms with Crippen molar-refractivity contribution in [2.45, 2.75) is 31.9 Å². The predicted octanol–water partition coefficient (Wildman–Crippen LogP) is 5.23. The number of piperidine rings is 1. The first kappa shape index (κ1) is 29.5. The lowest BCUT2D eigenvalue weighted by atomic mass is 10.00. The molecule has 11 nitrogen and oxygen atoms in total. The van der Waals surface area contributed by atoms with Crippen molar-refractivity contribution in [3.8, 4) is 11.5 Å². The molecule has 0 spiro atoms. The lowest BCUT2D eigenvalue weighted by molar-refractivity contribution is -0.146. The van der Waals surface area contributed by atoms with Gasteiger partial charge >= 0.3 is 6.03 Å². The van der Waals surface area contributed by atoms with Crippen LogP contribution in [-0.2, 0) is 14.3 Å². The number of amides is 4. The first-order valence-electron chi connectivity index (χ1n) is 14.3. The van der Waals surface area contributed by atoms with Crippen LogP contribution in [0.2, 0.25) is 0 Å². The fourth-order valence-electron chi connectivity index (χ4n) is 5.98. The largest absolute Gasteiger partial charge is 0.457 e. The number of hydrogen-bond acceptors (Lipinski definition) is 8. The molecule has 2 atom stereocenters. The number of rotatable bonds is 9. The number of hydrogen-bond donors (Lipinski definition) is 1. The van der Waals surface area contributed by atoms with Gasteiger partial charge in [-0.05, 0) is 61.7 Å². The predicted molar refractivity (Wildman–Crippen MR) is 168 cm³/mol. The number of methoxy groups -OCH3 is 2. The molecule has 1 saturated heterocycles. The zero-order valence-electron chi connectivity index (χ0n) is 24.7. The number of nitrogens with two attached hydrogens (primary N) is 1. The number of carbonyl (C=O) groups is 3. The van der Waals surface area contributed by atoms with E-state index >= 15 is 0 Å². The molecule has 1 unspecified atom stereocenters. The summed E-state index contributed by atoms with van der Waals surface area (Å²) in [5, 5.41) is 0.674. The summed E-state index contributed by atoms with van der Waals surface area (Å²) in [6.07, 6.45) is 2.15. The van der Waals surface area contributed by atoms with E-state index in [1.807, 2.05) is 55.5 Å². The van der Waals surface area contributed by atoms with Crippen molar-refractivity contribution in [2.75, 3.05) is 43.7 Å². The summed E-state index contributed by atoms with van der Waals surface area (Å²) in [6.45, 7) is 2.82. The summed E-state index contributed by atoms with van der Waals surface area (Å²) in [5.41, 5.74) is 8.40. The van der Waals surface area contributed by atoms with E-state index in [1.165, 1.54) is 14.2 Å². The van der Waals surface area contributed by atoms with Crippen LogP contribution in [0.25, 0.3) is 10.2 Å². The Labute approximate surface area is 258 Å². The van der Waals surface area contributed by atoms with Crippen LogP contribution >= 0.6 is 11.3 Å². The molecule has 0 radical (unpaired) electrons. The molecule has 4 amide bonds. The third-order valence-corrected chi connectivity index (χ3v) is 9.09. The number of aryl methyl sites for hydroxylation is 1. The molecule has 2 aromatic carbocycles. The first-order valence-corrected chi connectivity index (χ1v) is 15.1. The molecule has 2 aliphatic rings. The highest BCUT2D eigenvalue weighted by Crippen LogP contribution is 2.50. The lowest BCUT2D eigenvalue weighted by Gasteiger charge is -2.44. The van der Waals surface area contributed by atoms with E-state index in [-0.39, 0.29) is 30.0 Å². The SMILES string of the molecule is COCC(OC)C(=O)N1CCC[C@@H](N2C(=O)N(c3ccc(Oc4ccccc4)cc3C)c3ccnc4sc(C(N)=O)c2c34)C1. The topological polar surface area (TPSA) is 128 Å². The zero-order chi connectivity index (χ0) is 31.0. The van der Waals surface area contributed by atoms with Crippen LogP contribution < -0.4 is 20.3 Å². The van der Waals surface area contributed by atoms with E-state index < -0.39 is 18.1 Å². The van der Waals surface area contributed by atoms with Gasteiger partial charge in [0.2, 0.25) is 0 Å². The van der Waals surface area contributed by atoms with Gasteiger partial charge in [0.25, 0.3) is 11.8 Å². The Morgan fingerprint density at radius 3 is 2.59 bits per heavy atom. The maximum atomic E-state index is 14.7. The Morgan fingerprint density at radius 1 is 1.09 bits per heavy atom. The van der Waals surface area contributed by atoms with Crippen molar-refractivity contribution in [3.63, 3.8) is 0 Å². The minimum Gasteiger partial charge on any atom is -0.457 e. The number of primary amides is 1. The van der Waals surface area contributed by atoms with Gasteiger partial charge in [0, 0.05) is 33.5 Å². The summed E-state index contributed by atoms with van der Waals surface area (Å²) >= 11 is 1.16. The summed E-state index contributed by atoms with van der Waals surface area (Å²) in [4.78, 5) is 51.2. The zero-order valence-corrected chi connectivity index (χ0v) is 25.5. The highest BCUT2D eigenvalue weighted by molar-refractivity contribution is 7.21. The number of pyridine rings is 1. The Kier molecular flexibility index (Phi) is 8.21. The van der Waals surface area contributed by atoms with Gasteiger partial charge in [-0.25, -0.2) is 9.78 Å². The van der Waals surface area contributed by atoms with E-state index in [4.69, 9.17) is 19.9 Å². The van der Waals surface area contributed by atoms with Gasteiger partial charge < -0.3 is 24.8 Å². The molecule has 4 heterocycles. The van der Waals surface area contributed by atoms with Gasteiger partial charge in [0.15, 0.2) is 6.10 Å². The number of anilines is 3. The summed E-state index contributed by atoms with van der Waals surface area (Å²) in [6, 6.07) is 16.0. The monoisotopic (exact) mass is 615 g/mol. The smallest absolute Gasteiger partial charge is 0.334 e. The van der Waals surface area contributed by atoms with Crippen molar-refractivity contribution >= 4 is 56.5 Å². The molecule has 228 valence electrons. The van der Waals surface area contributed by atoms with E-state index in [9.17, 15) is 14.4 Å². The molecular formula is C32H33N5O6S. The third kappa shape index (κ3) is 5.25. The molecule has 0 saturated carbocycles. The number of carbonyl (C=O) groups excluding carboxylic acids is 3. The van der Waals surface area contributed by atoms with Gasteiger partial charge in [0.1, 0.15) is 21.2 Å². The van der Waals surface area contributed by atoms with Crippen LogP contribution in [-0.4, -0.2) is 73.8 Å². The Balaban J connectivity index is 1.43. The van der Waals surface area contributed by atoms with Gasteiger partial charge in [0.05, 0.1) is 35.1 Å². The molecule has 2 aliphatic heterocycles. The third-order valence-electron chi connectivity index (χ3n) is 7.99. The van der Waals surface area contributed by atoms with E-state index in [0.717, 1.165) is 16.9 Å². The second-order valence-corrected chi connectivity index (χ2v) is 11.8. The number of urea groups is 1. The van der Waals surface area contributed by atoms with Crippen LogP contribution in [0.3, 0.4) is 0 Å². The van der Waals surface area contributed by atoms with Crippen molar-refractivity contribution in [1.29, 1.82) is 0 Å². The Morgan fingerprint density at radius 2 is 1.89 bits per heavy atom. The molecule has 0 aliphatic carbocycles. The summed E-state index contributed by atoms with van der Waals surface area (Å²) < 4.78 is 16.6. The summed E-state index contributed by atoms with van der Waals surface area (Å²) in [5.74, 6) is 0.492. The molecular weight excluding hydrogens is 582 g/mol. The van der Waals surface area contributed by atoms with Crippen LogP contribution in [0, 0.1) is 6.92 Å². The number of thiophene rings is 1. The highest BCUT2D eigenvalue weighted by atomic mass is 32.1. The number of para-hydroxylation sites is 1. The fraction of sp³-hybridized carbons (Fsp3) is 0.312. The average molecular weight is 616 g/mol. The number of nitrogens with zero attached hydrogens (tertiary/aromatic N) is 4. The standard InChI is InChI=1S/C32H33N5O6S/c1-19-16-22(43-21-9-5-4-6-10-21)11-12-23(19)37-24-13-14-34-30-26(24)27(28(44-30)29(33)38)36(32(37)40)20-8-7-15-35(17-20)31(39)25(42-3)18-41-2/h4-6,9-14,16,20,25H,7-8,15,17-18H2,1-3H3,(H2,33,38)/t20-,25?/m1/s1. The van der Waals surface area contributed by atoms with Crippen LogP contribution in [0.1, 0.15) is 28.1 Å². The number of aromatic nitrogens is 1. The van der Waals surface area contributed by atoms with Crippen LogP contribution in [0.5, 0.6) is 11.5 Å². The minimum atomic E-state index is -0.759. The first-order chi connectivity index (χ1) is 21.3. The highest BCUT2D eigenvalue weighted by Gasteiger charge is 2.43. The summed E-state index contributed by atoms with van der Waals surface area (Å²) in [7, 11) is 2.99. The lowest BCUT2D eigenvalue weighted by Crippen LogP contribution is -2.57. The van der Waals surface area contributed by atoms with Gasteiger partial charge in [-0.15, -0.1) is 11.3 Å². The molecule has 2 aromatic heterocycles. The fourth-order valence-corrected chi connectivity index (χ4v) is 6.99. The molecule has 44 heavy (non-hydrogen) atoms. The van der Waals surface area contributed by atoms with Crippen LogP contribution in [0.15, 0.2) is 60.8 Å². The Bertz CT molecular complexity index is 1730. The van der Waals surface area contributed by atoms with Crippen molar-refractivity contribution in [1.82, 2.24) is 9.88 Å². The van der Waals surface area contributed by atoms with Crippen molar-refractivity contribution < 1.29 is 28.6 Å². The Hall–Kier alpha value is -4.52. The number of ether oxygens (including phenoxy) is 3. The molecule has 4 aromatic rings. The number of likely N-dealkylation sites (tertiary alicyclic amines) is 1. The molecule has 12 heteroatoms. The second kappa shape index (κ2) is 12.2. The normalized spacial score (nSPS) is 17.2. The van der Waals surface area contributed by atoms with Crippen molar-refractivity contribution in [2.24, 2.45) is 5.73 Å². The molecule has 2 N–H and O–H groups in total. The number of benzene rings is 2. The second-order valence-electron chi connectivity index (χ2n) is 10.8. The van der Waals surface area contributed by atoms with Gasteiger partial charge in [-0.2, -0.15) is 0 Å². The van der Waals surface area contributed by atoms with Crippen LogP contribution in [0.4, 0.5) is 21.9 Å². The van der Waals surface area contributed by atoms with E-state index in [2.05, 4.69) is 4.98 Å². The maximum absolute atomic E-state index is 14.7. The maximum Gasteiger partial charge on any atom is 0.334 e. The average Bonchev–Trinajstić information content (AvgIpc) is 3.42. The molecule has 1 fully saturated rings. The van der Waals surface area contributed by atoms with Gasteiger partial charge in [-0.3, -0.25) is 19.4 Å². The molecule has 6 rings (SSSR count).